The first-order chi connectivity index (χ1) is 11.0. The van der Waals surface area contributed by atoms with Crippen molar-refractivity contribution in [3.05, 3.63) is 34.5 Å². The smallest absolute Gasteiger partial charge is 0.292 e. The first kappa shape index (κ1) is 15.0. The Morgan fingerprint density at radius 3 is 2.65 bits per heavy atom. The van der Waals surface area contributed by atoms with Crippen molar-refractivity contribution >= 4 is 23.1 Å². The van der Waals surface area contributed by atoms with Gasteiger partial charge >= 0.3 is 0 Å². The highest BCUT2D eigenvalue weighted by Crippen LogP contribution is 2.34. The average molecular weight is 314 g/mol. The van der Waals surface area contributed by atoms with Crippen LogP contribution in [-0.2, 0) is 0 Å². The summed E-state index contributed by atoms with van der Waals surface area (Å²) in [6.07, 6.45) is 5.86. The third-order valence-corrected chi connectivity index (χ3v) is 4.06. The number of hydrogen-bond donors (Lipinski definition) is 3. The van der Waals surface area contributed by atoms with Gasteiger partial charge < -0.3 is 16.8 Å². The molecule has 5 N–H and O–H groups in total. The number of nitro groups is 1. The van der Waals surface area contributed by atoms with E-state index in [1.54, 1.807) is 12.1 Å². The van der Waals surface area contributed by atoms with E-state index in [4.69, 9.17) is 11.5 Å². The van der Waals surface area contributed by atoms with Crippen LogP contribution in [0.25, 0.3) is 11.1 Å². The zero-order valence-corrected chi connectivity index (χ0v) is 12.5. The topological polar surface area (TPSA) is 133 Å². The fourth-order valence-electron chi connectivity index (χ4n) is 2.89. The number of nitrogens with zero attached hydrogens (tertiary/aromatic N) is 3. The number of hydrogen-bond acceptors (Lipinski definition) is 7. The van der Waals surface area contributed by atoms with Gasteiger partial charge in [0.05, 0.1) is 4.92 Å². The minimum absolute atomic E-state index is 0.0191. The van der Waals surface area contributed by atoms with Gasteiger partial charge in [-0.25, -0.2) is 4.98 Å². The molecular formula is C15H18N6O2. The molecule has 3 rings (SSSR count). The summed E-state index contributed by atoms with van der Waals surface area (Å²) in [5.41, 5.74) is 13.0. The zero-order valence-electron chi connectivity index (χ0n) is 12.5. The van der Waals surface area contributed by atoms with E-state index < -0.39 is 4.92 Å². The number of anilines is 3. The van der Waals surface area contributed by atoms with E-state index in [9.17, 15) is 10.1 Å². The molecule has 8 heteroatoms. The first-order valence-electron chi connectivity index (χ1n) is 7.48. The molecule has 120 valence electrons. The third kappa shape index (κ3) is 3.15. The Balaban J connectivity index is 1.97. The van der Waals surface area contributed by atoms with E-state index in [0.717, 1.165) is 25.7 Å². The van der Waals surface area contributed by atoms with E-state index in [2.05, 4.69) is 15.3 Å². The van der Waals surface area contributed by atoms with Crippen LogP contribution in [0.4, 0.5) is 23.1 Å². The van der Waals surface area contributed by atoms with Crippen molar-refractivity contribution in [1.82, 2.24) is 9.97 Å². The van der Waals surface area contributed by atoms with Crippen LogP contribution in [0.2, 0.25) is 0 Å². The number of nitrogens with two attached hydrogens (primary N) is 2. The number of rotatable bonds is 4. The summed E-state index contributed by atoms with van der Waals surface area (Å²) < 4.78 is 0. The molecule has 1 aromatic carbocycles. The lowest BCUT2D eigenvalue weighted by Crippen LogP contribution is -2.15. The summed E-state index contributed by atoms with van der Waals surface area (Å²) in [7, 11) is 0. The van der Waals surface area contributed by atoms with E-state index in [-0.39, 0.29) is 17.5 Å². The Labute approximate surface area is 133 Å². The van der Waals surface area contributed by atoms with Crippen molar-refractivity contribution in [2.24, 2.45) is 0 Å². The molecule has 1 aliphatic rings. The molecule has 2 aromatic rings. The second-order valence-corrected chi connectivity index (χ2v) is 5.64. The number of nitro benzene ring substituents is 1. The molecule has 0 saturated heterocycles. The first-order valence-corrected chi connectivity index (χ1v) is 7.48. The Bertz CT molecular complexity index is 743. The Morgan fingerprint density at radius 2 is 2.00 bits per heavy atom. The Hall–Kier alpha value is -2.90. The van der Waals surface area contributed by atoms with E-state index in [1.165, 1.54) is 12.3 Å². The van der Waals surface area contributed by atoms with Crippen molar-refractivity contribution < 1.29 is 4.92 Å². The molecule has 0 spiro atoms. The van der Waals surface area contributed by atoms with Crippen LogP contribution >= 0.6 is 0 Å². The van der Waals surface area contributed by atoms with Crippen LogP contribution in [0.15, 0.2) is 24.4 Å². The molecule has 1 heterocycles. The molecule has 1 saturated carbocycles. The summed E-state index contributed by atoms with van der Waals surface area (Å²) in [5.74, 6) is 0.267. The highest BCUT2D eigenvalue weighted by atomic mass is 16.6. The minimum atomic E-state index is -0.394. The van der Waals surface area contributed by atoms with Gasteiger partial charge in [0.15, 0.2) is 0 Å². The lowest BCUT2D eigenvalue weighted by molar-refractivity contribution is -0.383. The van der Waals surface area contributed by atoms with Crippen molar-refractivity contribution in [1.29, 1.82) is 0 Å². The highest BCUT2D eigenvalue weighted by molar-refractivity contribution is 5.78. The average Bonchev–Trinajstić information content (AvgIpc) is 3.01. The summed E-state index contributed by atoms with van der Waals surface area (Å²) in [5, 5.41) is 14.7. The van der Waals surface area contributed by atoms with Gasteiger partial charge in [-0.15, -0.1) is 0 Å². The van der Waals surface area contributed by atoms with E-state index in [1.807, 2.05) is 0 Å². The van der Waals surface area contributed by atoms with Crippen molar-refractivity contribution in [3.8, 4) is 11.1 Å². The maximum atomic E-state index is 11.4. The van der Waals surface area contributed by atoms with Crippen molar-refractivity contribution in [2.75, 3.05) is 16.8 Å². The Morgan fingerprint density at radius 1 is 1.26 bits per heavy atom. The maximum absolute atomic E-state index is 11.4. The monoisotopic (exact) mass is 314 g/mol. The molecule has 0 unspecified atom stereocenters. The highest BCUT2D eigenvalue weighted by Gasteiger charge is 2.21. The largest absolute Gasteiger partial charge is 0.383 e. The molecule has 0 amide bonds. The van der Waals surface area contributed by atoms with Gasteiger partial charge in [-0.05, 0) is 24.5 Å². The van der Waals surface area contributed by atoms with Gasteiger partial charge in [-0.1, -0.05) is 18.9 Å². The van der Waals surface area contributed by atoms with Gasteiger partial charge in [0, 0.05) is 23.9 Å². The van der Waals surface area contributed by atoms with Gasteiger partial charge in [-0.2, -0.15) is 4.98 Å². The lowest BCUT2D eigenvalue weighted by atomic mass is 10.1. The predicted molar refractivity (Wildman–Crippen MR) is 88.8 cm³/mol. The zero-order chi connectivity index (χ0) is 16.4. The quantitative estimate of drug-likeness (QED) is 0.583. The summed E-state index contributed by atoms with van der Waals surface area (Å²) in [6.45, 7) is 0. The predicted octanol–water partition coefficient (Wildman–Crippen LogP) is 2.57. The Kier molecular flexibility index (Phi) is 3.96. The van der Waals surface area contributed by atoms with Crippen LogP contribution in [-0.4, -0.2) is 20.9 Å². The fourth-order valence-corrected chi connectivity index (χ4v) is 2.89. The number of nitrogens with one attached hydrogen (secondary N) is 1. The number of benzene rings is 1. The summed E-state index contributed by atoms with van der Waals surface area (Å²) >= 11 is 0. The van der Waals surface area contributed by atoms with Gasteiger partial charge in [-0.3, -0.25) is 10.1 Å². The molecule has 0 atom stereocenters. The summed E-state index contributed by atoms with van der Waals surface area (Å²) in [4.78, 5) is 18.8. The van der Waals surface area contributed by atoms with Gasteiger partial charge in [0.1, 0.15) is 11.5 Å². The van der Waals surface area contributed by atoms with Crippen molar-refractivity contribution in [2.45, 2.75) is 31.7 Å². The molecule has 0 aliphatic heterocycles. The normalized spacial score (nSPS) is 14.8. The molecule has 23 heavy (non-hydrogen) atoms. The van der Waals surface area contributed by atoms with Crippen molar-refractivity contribution in [3.63, 3.8) is 0 Å². The number of aromatic nitrogens is 2. The molecule has 1 fully saturated rings. The van der Waals surface area contributed by atoms with Crippen LogP contribution in [0.3, 0.4) is 0 Å². The second-order valence-electron chi connectivity index (χ2n) is 5.64. The molecule has 8 nitrogen and oxygen atoms in total. The SMILES string of the molecule is Nc1ncc(-c2ccc(NC3CCCC3)c([N+](=O)[O-])c2)c(N)n1. The molecule has 1 aromatic heterocycles. The maximum Gasteiger partial charge on any atom is 0.292 e. The standard InChI is InChI=1S/C15H18N6O2/c16-14-11(8-18-15(17)20-14)9-5-6-12(13(7-9)21(22)23)19-10-3-1-2-4-10/h5-8,10,19H,1-4H2,(H4,16,17,18,20). The van der Waals surface area contributed by atoms with Crippen LogP contribution in [0.5, 0.6) is 0 Å². The molecular weight excluding hydrogens is 296 g/mol. The molecule has 0 bridgehead atoms. The van der Waals surface area contributed by atoms with E-state index in [0.29, 0.717) is 22.9 Å². The second kappa shape index (κ2) is 6.07. The van der Waals surface area contributed by atoms with Crippen LogP contribution in [0.1, 0.15) is 25.7 Å². The molecule has 1 aliphatic carbocycles. The number of nitrogen functional groups attached to an aromatic ring is 2. The fraction of sp³-hybridized carbons (Fsp3) is 0.333. The van der Waals surface area contributed by atoms with E-state index >= 15 is 0 Å². The molecule has 0 radical (unpaired) electrons. The van der Waals surface area contributed by atoms with Crippen LogP contribution < -0.4 is 16.8 Å². The third-order valence-electron chi connectivity index (χ3n) is 4.06. The van der Waals surface area contributed by atoms with Gasteiger partial charge in [0.25, 0.3) is 5.69 Å². The summed E-state index contributed by atoms with van der Waals surface area (Å²) in [6, 6.07) is 5.27. The van der Waals surface area contributed by atoms with Gasteiger partial charge in [0.2, 0.25) is 5.95 Å². The minimum Gasteiger partial charge on any atom is -0.383 e. The van der Waals surface area contributed by atoms with Crippen LogP contribution in [0, 0.1) is 10.1 Å². The lowest BCUT2D eigenvalue weighted by Gasteiger charge is -2.14.